The molecule has 2 N–H and O–H groups in total. The van der Waals surface area contributed by atoms with E-state index < -0.39 is 50.9 Å². The number of halogens is 3. The van der Waals surface area contributed by atoms with Crippen molar-refractivity contribution in [3.05, 3.63) is 82.8 Å². The molecule has 3 atom stereocenters. The maximum atomic E-state index is 13.6. The average Bonchev–Trinajstić information content (AvgIpc) is 3.72. The molecule has 11 nitrogen and oxygen atoms in total. The molecular weight excluding hydrogens is 794 g/mol. The molecule has 2 aromatic carbocycles. The first-order valence-electron chi connectivity index (χ1n) is 18.3. The first kappa shape index (κ1) is 44.1. The number of fused-ring (bicyclic) bond motifs is 1. The molecule has 1 saturated heterocycles. The number of rotatable bonds is 13. The van der Waals surface area contributed by atoms with Gasteiger partial charge < -0.3 is 28.7 Å². The first-order valence-corrected chi connectivity index (χ1v) is 22.5. The van der Waals surface area contributed by atoms with Crippen molar-refractivity contribution in [1.82, 2.24) is 24.8 Å². The van der Waals surface area contributed by atoms with E-state index in [0.29, 0.717) is 12.4 Å². The van der Waals surface area contributed by atoms with E-state index in [1.54, 1.807) is 56.7 Å². The van der Waals surface area contributed by atoms with Crippen LogP contribution in [0.2, 0.25) is 5.04 Å². The van der Waals surface area contributed by atoms with Crippen LogP contribution in [0.5, 0.6) is 0 Å². The number of amides is 1. The second-order valence-corrected chi connectivity index (χ2v) is 23.1. The molecule has 3 heterocycles. The molecule has 2 aromatic heterocycles. The summed E-state index contributed by atoms with van der Waals surface area (Å²) < 4.78 is 60.7. The van der Waals surface area contributed by atoms with Crippen LogP contribution in [0, 0.1) is 11.8 Å². The number of hydrogen-bond acceptors (Lipinski definition) is 9. The SMILES string of the molecule is CN(C)/C=N\c1nc2c(c(C#CCNC(=O)C(F)(F)F)cn2[C@H]2CC(OCSSC(C)(C)C)[C@@H](CO[Si](c3ccccc3)(c3ccccc3)C(C)(C)C)O2)c(=O)[nH]1. The van der Waals surface area contributed by atoms with Crippen LogP contribution in [0.4, 0.5) is 19.1 Å². The Morgan fingerprint density at radius 2 is 1.72 bits per heavy atom. The zero-order valence-electron chi connectivity index (χ0n) is 33.3. The number of carbonyl (C=O) groups excluding carboxylic acids is 1. The minimum Gasteiger partial charge on any atom is -0.405 e. The molecule has 0 bridgehead atoms. The van der Waals surface area contributed by atoms with Gasteiger partial charge in [0.1, 0.15) is 18.3 Å². The van der Waals surface area contributed by atoms with E-state index in [9.17, 15) is 22.8 Å². The van der Waals surface area contributed by atoms with Gasteiger partial charge in [-0.25, -0.2) is 4.99 Å². The van der Waals surface area contributed by atoms with E-state index in [-0.39, 0.29) is 38.9 Å². The van der Waals surface area contributed by atoms with E-state index in [0.717, 1.165) is 10.4 Å². The molecular formula is C40H49F3N6O5S2Si. The van der Waals surface area contributed by atoms with Crippen molar-refractivity contribution in [1.29, 1.82) is 0 Å². The quantitative estimate of drug-likeness (QED) is 0.0301. The average molecular weight is 843 g/mol. The maximum Gasteiger partial charge on any atom is 0.471 e. The molecule has 0 aliphatic carbocycles. The summed E-state index contributed by atoms with van der Waals surface area (Å²) >= 11 is 0. The lowest BCUT2D eigenvalue weighted by atomic mass is 10.2. The third-order valence-corrected chi connectivity index (χ3v) is 16.9. The molecule has 5 rings (SSSR count). The Hall–Kier alpha value is -4.05. The summed E-state index contributed by atoms with van der Waals surface area (Å²) in [6.07, 6.45) is -3.30. The van der Waals surface area contributed by atoms with E-state index >= 15 is 0 Å². The van der Waals surface area contributed by atoms with Crippen molar-refractivity contribution in [2.45, 2.75) is 82.4 Å². The molecule has 57 heavy (non-hydrogen) atoms. The highest BCUT2D eigenvalue weighted by Gasteiger charge is 2.51. The Bertz CT molecular complexity index is 2100. The summed E-state index contributed by atoms with van der Waals surface area (Å²) in [5.41, 5.74) is -0.155. The van der Waals surface area contributed by atoms with Gasteiger partial charge in [-0.3, -0.25) is 14.6 Å². The molecule has 306 valence electrons. The lowest BCUT2D eigenvalue weighted by Gasteiger charge is -2.43. The highest BCUT2D eigenvalue weighted by atomic mass is 33.1. The molecule has 17 heteroatoms. The van der Waals surface area contributed by atoms with Crippen LogP contribution < -0.4 is 21.2 Å². The number of aromatic amines is 1. The number of carbonyl (C=O) groups is 1. The van der Waals surface area contributed by atoms with Gasteiger partial charge in [-0.15, -0.1) is 0 Å². The van der Waals surface area contributed by atoms with E-state index in [2.05, 4.69) is 92.6 Å². The van der Waals surface area contributed by atoms with E-state index in [1.807, 2.05) is 36.4 Å². The van der Waals surface area contributed by atoms with Crippen LogP contribution in [0.25, 0.3) is 11.0 Å². The fourth-order valence-electron chi connectivity index (χ4n) is 6.54. The summed E-state index contributed by atoms with van der Waals surface area (Å²) in [6.45, 7) is 12.6. The van der Waals surface area contributed by atoms with Gasteiger partial charge in [0.2, 0.25) is 5.95 Å². The van der Waals surface area contributed by atoms with E-state index in [4.69, 9.17) is 13.9 Å². The molecule has 0 saturated carbocycles. The summed E-state index contributed by atoms with van der Waals surface area (Å²) in [5, 5.41) is 3.78. The molecule has 1 fully saturated rings. The predicted octanol–water partition coefficient (Wildman–Crippen LogP) is 6.36. The Labute approximate surface area is 340 Å². The van der Waals surface area contributed by atoms with Gasteiger partial charge in [-0.2, -0.15) is 18.2 Å². The van der Waals surface area contributed by atoms with Crippen LogP contribution in [-0.4, -0.2) is 96.3 Å². The highest BCUT2D eigenvalue weighted by molar-refractivity contribution is 8.77. The lowest BCUT2D eigenvalue weighted by molar-refractivity contribution is -0.173. The fourth-order valence-corrected chi connectivity index (χ4v) is 13.1. The monoisotopic (exact) mass is 842 g/mol. The van der Waals surface area contributed by atoms with Gasteiger partial charge in [0.15, 0.2) is 5.65 Å². The number of hydrogen-bond donors (Lipinski definition) is 2. The van der Waals surface area contributed by atoms with Crippen molar-refractivity contribution >= 4 is 69.5 Å². The second kappa shape index (κ2) is 18.3. The number of H-pyrrole nitrogens is 1. The van der Waals surface area contributed by atoms with Gasteiger partial charge >= 0.3 is 12.1 Å². The highest BCUT2D eigenvalue weighted by Crippen LogP contribution is 2.41. The Balaban J connectivity index is 1.55. The van der Waals surface area contributed by atoms with Crippen LogP contribution in [0.3, 0.4) is 0 Å². The Morgan fingerprint density at radius 3 is 2.28 bits per heavy atom. The third kappa shape index (κ3) is 10.9. The number of benzene rings is 2. The minimum absolute atomic E-state index is 0.0110. The Morgan fingerprint density at radius 1 is 1.09 bits per heavy atom. The van der Waals surface area contributed by atoms with Gasteiger partial charge in [-0.1, -0.05) is 136 Å². The zero-order chi connectivity index (χ0) is 41.6. The van der Waals surface area contributed by atoms with Crippen molar-refractivity contribution in [2.75, 3.05) is 33.2 Å². The number of nitrogens with one attached hydrogen (secondary N) is 2. The number of aliphatic imine (C=N–C) groups is 1. The number of alkyl halides is 3. The van der Waals surface area contributed by atoms with Crippen molar-refractivity contribution in [3.8, 4) is 11.8 Å². The third-order valence-electron chi connectivity index (χ3n) is 8.91. The molecule has 0 spiro atoms. The maximum absolute atomic E-state index is 13.6. The van der Waals surface area contributed by atoms with Crippen molar-refractivity contribution < 1.29 is 31.9 Å². The number of aromatic nitrogens is 3. The topological polar surface area (TPSA) is 123 Å². The molecule has 1 unspecified atom stereocenters. The minimum atomic E-state index is -5.05. The summed E-state index contributed by atoms with van der Waals surface area (Å²) in [7, 11) is 3.89. The molecule has 4 aromatic rings. The smallest absolute Gasteiger partial charge is 0.405 e. The predicted molar refractivity (Wildman–Crippen MR) is 225 cm³/mol. The van der Waals surface area contributed by atoms with Gasteiger partial charge in [0.05, 0.1) is 36.5 Å². The number of ether oxygens (including phenoxy) is 2. The molecule has 1 aliphatic rings. The largest absolute Gasteiger partial charge is 0.471 e. The Kier molecular flexibility index (Phi) is 14.1. The zero-order valence-corrected chi connectivity index (χ0v) is 35.9. The van der Waals surface area contributed by atoms with Crippen LogP contribution in [0.15, 0.2) is 76.6 Å². The molecule has 0 radical (unpaired) electrons. The van der Waals surface area contributed by atoms with Crippen LogP contribution in [0.1, 0.15) is 59.8 Å². The summed E-state index contributed by atoms with van der Waals surface area (Å²) in [6, 6.07) is 20.6. The molecule has 1 aliphatic heterocycles. The fraction of sp³-hybridized carbons (Fsp3) is 0.450. The lowest BCUT2D eigenvalue weighted by Crippen LogP contribution is -2.67. The van der Waals surface area contributed by atoms with Gasteiger partial charge in [0.25, 0.3) is 13.9 Å². The van der Waals surface area contributed by atoms with Crippen LogP contribution in [-0.2, 0) is 18.7 Å². The van der Waals surface area contributed by atoms with Gasteiger partial charge in [0, 0.05) is 31.5 Å². The second-order valence-electron chi connectivity index (χ2n) is 15.7. The summed E-state index contributed by atoms with van der Waals surface area (Å²) in [5.74, 6) is 3.59. The van der Waals surface area contributed by atoms with Crippen molar-refractivity contribution in [2.24, 2.45) is 4.99 Å². The molecule has 1 amide bonds. The van der Waals surface area contributed by atoms with Gasteiger partial charge in [-0.05, 0) is 15.4 Å². The van der Waals surface area contributed by atoms with Crippen molar-refractivity contribution in [3.63, 3.8) is 0 Å². The number of nitrogens with zero attached hydrogens (tertiary/aromatic N) is 4. The van der Waals surface area contributed by atoms with E-state index in [1.165, 1.54) is 6.34 Å². The first-order chi connectivity index (χ1) is 26.8. The van der Waals surface area contributed by atoms with Crippen LogP contribution >= 0.6 is 21.6 Å². The normalized spacial score (nSPS) is 17.8. The summed E-state index contributed by atoms with van der Waals surface area (Å²) in [4.78, 5) is 38.2. The standard InChI is InChI=1S/C40H49F3N6O5S2Si/c1-38(2,3)56-55-26-52-30-22-32(54-31(30)24-53-57(39(4,5)6,28-17-11-9-12-18-28)29-19-13-10-14-20-29)49-23-27(16-15-21-44-36(51)40(41,42)43)33-34(49)46-37(47-35(33)50)45-25-48(7)8/h9-14,17-20,23,25,30-32H,21-22,24,26H2,1-8H3,(H,44,51)(H,46,47,50)/b45-25-/t30?,31-,32-/m1/s1.